The van der Waals surface area contributed by atoms with E-state index >= 15 is 0 Å². The quantitative estimate of drug-likeness (QED) is 0.524. The fourth-order valence-electron chi connectivity index (χ4n) is 3.95. The number of aryl methyl sites for hydroxylation is 2. The Morgan fingerprint density at radius 3 is 2.56 bits per heavy atom. The molecule has 1 amide bonds. The zero-order valence-corrected chi connectivity index (χ0v) is 19.6. The van der Waals surface area contributed by atoms with Gasteiger partial charge in [-0.1, -0.05) is 49.4 Å². The third-order valence-corrected chi connectivity index (χ3v) is 7.78. The lowest BCUT2D eigenvalue weighted by molar-refractivity contribution is -0.126. The molecule has 3 rings (SSSR count). The zero-order valence-electron chi connectivity index (χ0n) is 18.8. The number of nitrogens with zero attached hydrogens (tertiary/aromatic N) is 1. The van der Waals surface area contributed by atoms with Crippen molar-refractivity contribution in [2.75, 3.05) is 32.0 Å². The molecular weight excluding hydrogens is 424 g/mol. The van der Waals surface area contributed by atoms with Gasteiger partial charge in [-0.2, -0.15) is 0 Å². The van der Waals surface area contributed by atoms with Crippen LogP contribution < -0.4 is 10.1 Å². The zero-order chi connectivity index (χ0) is 22.8. The first kappa shape index (κ1) is 24.3. The highest BCUT2D eigenvalue weighted by Gasteiger charge is 2.31. The van der Waals surface area contributed by atoms with Crippen molar-refractivity contribution in [3.63, 3.8) is 0 Å². The maximum absolute atomic E-state index is 12.8. The highest BCUT2D eigenvalue weighted by molar-refractivity contribution is 7.89. The van der Waals surface area contributed by atoms with Crippen LogP contribution >= 0.6 is 0 Å². The van der Waals surface area contributed by atoms with E-state index < -0.39 is 10.0 Å². The van der Waals surface area contributed by atoms with Crippen LogP contribution in [0.4, 0.5) is 0 Å². The van der Waals surface area contributed by atoms with Crippen LogP contribution in [0.25, 0.3) is 0 Å². The van der Waals surface area contributed by atoms with Gasteiger partial charge in [0.25, 0.3) is 0 Å². The summed E-state index contributed by atoms with van der Waals surface area (Å²) in [5.74, 6) is 0.485. The topological polar surface area (TPSA) is 75.7 Å². The van der Waals surface area contributed by atoms with Gasteiger partial charge in [0.2, 0.25) is 15.9 Å². The van der Waals surface area contributed by atoms with Crippen LogP contribution in [0, 0.1) is 5.92 Å². The number of sulfonamides is 1. The van der Waals surface area contributed by atoms with Crippen molar-refractivity contribution in [2.45, 2.75) is 39.0 Å². The SMILES string of the molecule is CCc1ccc(OCCNC(=O)C2CCCN(S(=O)(=O)CCCc3ccccc3)C2)cc1. The number of carbonyl (C=O) groups is 1. The summed E-state index contributed by atoms with van der Waals surface area (Å²) in [6, 6.07) is 17.8. The molecule has 7 heteroatoms. The van der Waals surface area contributed by atoms with Crippen molar-refractivity contribution in [3.8, 4) is 5.75 Å². The molecule has 1 saturated heterocycles. The van der Waals surface area contributed by atoms with E-state index in [9.17, 15) is 13.2 Å². The predicted molar refractivity (Wildman–Crippen MR) is 127 cm³/mol. The number of rotatable bonds is 11. The van der Waals surface area contributed by atoms with Gasteiger partial charge in [0.1, 0.15) is 12.4 Å². The molecule has 1 unspecified atom stereocenters. The second-order valence-electron chi connectivity index (χ2n) is 8.24. The average molecular weight is 459 g/mol. The molecule has 1 aliphatic heterocycles. The summed E-state index contributed by atoms with van der Waals surface area (Å²) in [6.45, 7) is 3.64. The normalized spacial score (nSPS) is 17.1. The number of hydrogen-bond acceptors (Lipinski definition) is 4. The molecular formula is C25H34N2O4S. The second kappa shape index (κ2) is 12.0. The molecule has 1 N–H and O–H groups in total. The number of piperidine rings is 1. The molecule has 0 bridgehead atoms. The summed E-state index contributed by atoms with van der Waals surface area (Å²) < 4.78 is 32.7. The second-order valence-corrected chi connectivity index (χ2v) is 10.3. The highest BCUT2D eigenvalue weighted by Crippen LogP contribution is 2.20. The van der Waals surface area contributed by atoms with Crippen LogP contribution in [0.2, 0.25) is 0 Å². The highest BCUT2D eigenvalue weighted by atomic mass is 32.2. The summed E-state index contributed by atoms with van der Waals surface area (Å²) >= 11 is 0. The van der Waals surface area contributed by atoms with Crippen LogP contribution in [0.5, 0.6) is 5.75 Å². The molecule has 0 radical (unpaired) electrons. The van der Waals surface area contributed by atoms with Gasteiger partial charge < -0.3 is 10.1 Å². The van der Waals surface area contributed by atoms with Gasteiger partial charge >= 0.3 is 0 Å². The summed E-state index contributed by atoms with van der Waals surface area (Å²) in [4.78, 5) is 12.6. The molecule has 1 atom stereocenters. The third kappa shape index (κ3) is 7.35. The fourth-order valence-corrected chi connectivity index (χ4v) is 5.53. The Morgan fingerprint density at radius 2 is 1.84 bits per heavy atom. The van der Waals surface area contributed by atoms with E-state index in [1.807, 2.05) is 54.6 Å². The van der Waals surface area contributed by atoms with E-state index in [1.54, 1.807) is 0 Å². The molecule has 32 heavy (non-hydrogen) atoms. The molecule has 0 spiro atoms. The van der Waals surface area contributed by atoms with E-state index in [2.05, 4.69) is 12.2 Å². The van der Waals surface area contributed by atoms with Crippen LogP contribution in [0.15, 0.2) is 54.6 Å². The molecule has 1 heterocycles. The first-order valence-corrected chi connectivity index (χ1v) is 13.1. The lowest BCUT2D eigenvalue weighted by Gasteiger charge is -2.31. The van der Waals surface area contributed by atoms with Crippen molar-refractivity contribution in [1.82, 2.24) is 9.62 Å². The van der Waals surface area contributed by atoms with Gasteiger partial charge in [-0.25, -0.2) is 12.7 Å². The number of hydrogen-bond donors (Lipinski definition) is 1. The smallest absolute Gasteiger partial charge is 0.224 e. The maximum atomic E-state index is 12.8. The molecule has 2 aromatic carbocycles. The van der Waals surface area contributed by atoms with E-state index in [1.165, 1.54) is 9.87 Å². The number of amides is 1. The molecule has 0 aliphatic carbocycles. The average Bonchev–Trinajstić information content (AvgIpc) is 2.83. The number of nitrogens with one attached hydrogen (secondary N) is 1. The third-order valence-electron chi connectivity index (χ3n) is 5.86. The Balaban J connectivity index is 1.40. The summed E-state index contributed by atoms with van der Waals surface area (Å²) in [5.41, 5.74) is 2.39. The molecule has 1 aliphatic rings. The summed E-state index contributed by atoms with van der Waals surface area (Å²) in [7, 11) is -3.36. The van der Waals surface area contributed by atoms with E-state index in [-0.39, 0.29) is 24.1 Å². The summed E-state index contributed by atoms with van der Waals surface area (Å²) in [6.07, 6.45) is 3.71. The van der Waals surface area contributed by atoms with Crippen LogP contribution in [-0.2, 0) is 27.7 Å². The number of carbonyl (C=O) groups excluding carboxylic acids is 1. The Bertz CT molecular complexity index is 946. The molecule has 6 nitrogen and oxygen atoms in total. The van der Waals surface area contributed by atoms with E-state index in [0.717, 1.165) is 24.2 Å². The largest absolute Gasteiger partial charge is 0.492 e. The molecule has 2 aromatic rings. The Labute approximate surface area is 192 Å². The van der Waals surface area contributed by atoms with Crippen molar-refractivity contribution >= 4 is 15.9 Å². The minimum atomic E-state index is -3.36. The van der Waals surface area contributed by atoms with Crippen molar-refractivity contribution in [3.05, 3.63) is 65.7 Å². The Kier molecular flexibility index (Phi) is 9.11. The lowest BCUT2D eigenvalue weighted by atomic mass is 9.99. The number of ether oxygens (including phenoxy) is 1. The fraction of sp³-hybridized carbons (Fsp3) is 0.480. The Hall–Kier alpha value is -2.38. The minimum Gasteiger partial charge on any atom is -0.492 e. The minimum absolute atomic E-state index is 0.0980. The molecule has 0 saturated carbocycles. The van der Waals surface area contributed by atoms with Gasteiger partial charge in [0, 0.05) is 13.1 Å². The van der Waals surface area contributed by atoms with Crippen LogP contribution in [0.3, 0.4) is 0 Å². The van der Waals surface area contributed by atoms with Crippen molar-refractivity contribution < 1.29 is 17.9 Å². The lowest BCUT2D eigenvalue weighted by Crippen LogP contribution is -2.46. The van der Waals surface area contributed by atoms with Gasteiger partial charge in [-0.05, 0) is 55.4 Å². The Morgan fingerprint density at radius 1 is 1.09 bits per heavy atom. The van der Waals surface area contributed by atoms with E-state index in [4.69, 9.17) is 4.74 Å². The molecule has 174 valence electrons. The molecule has 1 fully saturated rings. The van der Waals surface area contributed by atoms with E-state index in [0.29, 0.717) is 39.0 Å². The number of benzene rings is 2. The maximum Gasteiger partial charge on any atom is 0.224 e. The van der Waals surface area contributed by atoms with Crippen LogP contribution in [-0.4, -0.2) is 50.6 Å². The van der Waals surface area contributed by atoms with Gasteiger partial charge in [0.05, 0.1) is 18.2 Å². The predicted octanol–water partition coefficient (Wildman–Crippen LogP) is 3.42. The molecule has 0 aromatic heterocycles. The van der Waals surface area contributed by atoms with Gasteiger partial charge in [-0.3, -0.25) is 4.79 Å². The summed E-state index contributed by atoms with van der Waals surface area (Å²) in [5, 5.41) is 2.90. The van der Waals surface area contributed by atoms with Crippen LogP contribution in [0.1, 0.15) is 37.3 Å². The first-order chi connectivity index (χ1) is 15.5. The van der Waals surface area contributed by atoms with Crippen molar-refractivity contribution in [1.29, 1.82) is 0 Å². The monoisotopic (exact) mass is 458 g/mol. The van der Waals surface area contributed by atoms with Crippen molar-refractivity contribution in [2.24, 2.45) is 5.92 Å². The standard InChI is InChI=1S/C25H34N2O4S/c1-2-21-12-14-24(15-13-21)31-18-16-26-25(28)23-11-6-17-27(20-23)32(29,30)19-7-10-22-8-4-3-5-9-22/h3-5,8-9,12-15,23H,2,6-7,10-11,16-20H2,1H3,(H,26,28). The first-order valence-electron chi connectivity index (χ1n) is 11.5. The van der Waals surface area contributed by atoms with Gasteiger partial charge in [-0.15, -0.1) is 0 Å². The van der Waals surface area contributed by atoms with Gasteiger partial charge in [0.15, 0.2) is 0 Å².